The van der Waals surface area contributed by atoms with Crippen molar-refractivity contribution in [3.05, 3.63) is 35.4 Å². The Hall–Kier alpha value is -1.06. The maximum absolute atomic E-state index is 11.2. The van der Waals surface area contributed by atoms with Crippen LogP contribution in [0.5, 0.6) is 0 Å². The Morgan fingerprint density at radius 1 is 1.60 bits per heavy atom. The second-order valence-electron chi connectivity index (χ2n) is 3.17. The third-order valence-corrected chi connectivity index (χ3v) is 2.24. The Kier molecular flexibility index (Phi) is 4.59. The van der Waals surface area contributed by atoms with Gasteiger partial charge in [0.15, 0.2) is 0 Å². The van der Waals surface area contributed by atoms with E-state index in [1.807, 2.05) is 6.07 Å². The quantitative estimate of drug-likeness (QED) is 0.633. The van der Waals surface area contributed by atoms with E-state index in [1.165, 1.54) is 7.11 Å². The highest BCUT2D eigenvalue weighted by atomic mass is 35.5. The summed E-state index contributed by atoms with van der Waals surface area (Å²) in [6.07, 6.45) is 1.10. The number of aryl methyl sites for hydroxylation is 1. The van der Waals surface area contributed by atoms with Gasteiger partial charge >= 0.3 is 5.97 Å². The summed E-state index contributed by atoms with van der Waals surface area (Å²) in [4.78, 5) is 11.2. The summed E-state index contributed by atoms with van der Waals surface area (Å²) in [5, 5.41) is 8.91. The molecule has 1 N–H and O–H groups in total. The van der Waals surface area contributed by atoms with E-state index in [9.17, 15) is 4.79 Å². The molecular formula is C11H13ClO3. The lowest BCUT2D eigenvalue weighted by Crippen LogP contribution is -2.03. The van der Waals surface area contributed by atoms with Crippen LogP contribution in [0.4, 0.5) is 0 Å². The van der Waals surface area contributed by atoms with Gasteiger partial charge in [0, 0.05) is 0 Å². The molecule has 0 fully saturated rings. The Bertz CT molecular complexity index is 336. The van der Waals surface area contributed by atoms with Crippen molar-refractivity contribution in [1.82, 2.24) is 0 Å². The van der Waals surface area contributed by atoms with Gasteiger partial charge in [-0.2, -0.15) is 0 Å². The summed E-state index contributed by atoms with van der Waals surface area (Å²) in [7, 11) is 1.34. The topological polar surface area (TPSA) is 46.5 Å². The molecule has 1 aromatic rings. The van der Waals surface area contributed by atoms with Crippen LogP contribution in [0.15, 0.2) is 24.3 Å². The van der Waals surface area contributed by atoms with Gasteiger partial charge in [0.2, 0.25) is 0 Å². The molecule has 0 heterocycles. The zero-order valence-corrected chi connectivity index (χ0v) is 9.20. The maximum Gasteiger partial charge on any atom is 0.337 e. The van der Waals surface area contributed by atoms with Crippen LogP contribution in [0, 0.1) is 0 Å². The van der Waals surface area contributed by atoms with E-state index in [-0.39, 0.29) is 5.97 Å². The van der Waals surface area contributed by atoms with Gasteiger partial charge in [-0.05, 0) is 30.5 Å². The monoisotopic (exact) mass is 228 g/mol. The normalized spacial score (nSPS) is 12.2. The molecule has 0 aliphatic rings. The van der Waals surface area contributed by atoms with Crippen molar-refractivity contribution in [1.29, 1.82) is 0 Å². The van der Waals surface area contributed by atoms with Gasteiger partial charge in [-0.25, -0.2) is 4.79 Å². The van der Waals surface area contributed by atoms with Crippen molar-refractivity contribution in [3.8, 4) is 0 Å². The molecular weight excluding hydrogens is 216 g/mol. The largest absolute Gasteiger partial charge is 0.465 e. The number of alkyl halides is 1. The van der Waals surface area contributed by atoms with E-state index in [0.29, 0.717) is 18.4 Å². The number of hydrogen-bond donors (Lipinski definition) is 1. The third kappa shape index (κ3) is 3.90. The fraction of sp³-hybridized carbons (Fsp3) is 0.364. The Morgan fingerprint density at radius 2 is 2.33 bits per heavy atom. The van der Waals surface area contributed by atoms with Gasteiger partial charge in [-0.1, -0.05) is 23.7 Å². The Labute approximate surface area is 93.6 Å². The summed E-state index contributed by atoms with van der Waals surface area (Å²) in [5.41, 5.74) is 0.628. The number of hydrogen-bond acceptors (Lipinski definition) is 3. The molecule has 1 atom stereocenters. The number of aliphatic hydroxyl groups excluding tert-OH is 1. The van der Waals surface area contributed by atoms with Gasteiger partial charge in [0.05, 0.1) is 12.7 Å². The lowest BCUT2D eigenvalue weighted by molar-refractivity contribution is 0.0600. The molecule has 1 aromatic carbocycles. The lowest BCUT2D eigenvalue weighted by Gasteiger charge is -2.04. The lowest BCUT2D eigenvalue weighted by atomic mass is 10.1. The summed E-state index contributed by atoms with van der Waals surface area (Å²) in [6.45, 7) is 0. The smallest absolute Gasteiger partial charge is 0.337 e. The van der Waals surface area contributed by atoms with Gasteiger partial charge in [0.25, 0.3) is 0 Å². The number of carbonyl (C=O) groups is 1. The van der Waals surface area contributed by atoms with Gasteiger partial charge in [-0.3, -0.25) is 0 Å². The second-order valence-corrected chi connectivity index (χ2v) is 3.67. The Morgan fingerprint density at radius 3 is 2.93 bits per heavy atom. The first-order valence-corrected chi connectivity index (χ1v) is 5.06. The minimum Gasteiger partial charge on any atom is -0.465 e. The van der Waals surface area contributed by atoms with Crippen molar-refractivity contribution in [3.63, 3.8) is 0 Å². The number of methoxy groups -OCH3 is 1. The average Bonchev–Trinajstić information content (AvgIpc) is 2.25. The van der Waals surface area contributed by atoms with Crippen molar-refractivity contribution in [2.45, 2.75) is 18.4 Å². The summed E-state index contributed by atoms with van der Waals surface area (Å²) in [5.74, 6) is -0.358. The number of esters is 1. The number of carbonyl (C=O) groups excluding carboxylic acids is 1. The van der Waals surface area contributed by atoms with Crippen LogP contribution in [0.25, 0.3) is 0 Å². The van der Waals surface area contributed by atoms with Crippen molar-refractivity contribution < 1.29 is 14.6 Å². The maximum atomic E-state index is 11.2. The van der Waals surface area contributed by atoms with Crippen LogP contribution in [-0.2, 0) is 11.2 Å². The van der Waals surface area contributed by atoms with E-state index in [1.54, 1.807) is 18.2 Å². The molecule has 82 valence electrons. The van der Waals surface area contributed by atoms with E-state index < -0.39 is 5.56 Å². The van der Waals surface area contributed by atoms with Crippen LogP contribution in [0.3, 0.4) is 0 Å². The molecule has 1 unspecified atom stereocenters. The number of benzene rings is 1. The van der Waals surface area contributed by atoms with Crippen molar-refractivity contribution in [2.75, 3.05) is 7.11 Å². The third-order valence-electron chi connectivity index (χ3n) is 2.02. The van der Waals surface area contributed by atoms with Gasteiger partial charge < -0.3 is 9.84 Å². The fourth-order valence-electron chi connectivity index (χ4n) is 1.26. The molecule has 0 bridgehead atoms. The molecule has 0 aliphatic heterocycles. The van der Waals surface area contributed by atoms with Gasteiger partial charge in [-0.15, -0.1) is 0 Å². The minimum atomic E-state index is -0.841. The Balaban J connectivity index is 2.70. The second kappa shape index (κ2) is 5.73. The highest BCUT2D eigenvalue weighted by Crippen LogP contribution is 2.10. The first-order chi connectivity index (χ1) is 7.13. The van der Waals surface area contributed by atoms with Crippen molar-refractivity contribution in [2.24, 2.45) is 0 Å². The molecule has 0 aromatic heterocycles. The predicted octanol–water partition coefficient (Wildman–Crippen LogP) is 1.96. The zero-order valence-electron chi connectivity index (χ0n) is 8.44. The highest BCUT2D eigenvalue weighted by Gasteiger charge is 2.06. The number of halogens is 1. The molecule has 0 radical (unpaired) electrons. The van der Waals surface area contributed by atoms with Crippen LogP contribution >= 0.6 is 11.6 Å². The van der Waals surface area contributed by atoms with Crippen LogP contribution < -0.4 is 0 Å². The standard InChI is InChI=1S/C11H13ClO3/c1-15-11(14)9-4-2-3-8(7-9)5-6-10(12)13/h2-4,7,10,13H,5-6H2,1H3. The molecule has 0 aliphatic carbocycles. The molecule has 4 heteroatoms. The summed E-state index contributed by atoms with van der Waals surface area (Å²) in [6, 6.07) is 7.09. The zero-order chi connectivity index (χ0) is 11.3. The van der Waals surface area contributed by atoms with E-state index >= 15 is 0 Å². The molecule has 3 nitrogen and oxygen atoms in total. The number of aliphatic hydroxyl groups is 1. The van der Waals surface area contributed by atoms with E-state index in [2.05, 4.69) is 4.74 Å². The highest BCUT2D eigenvalue weighted by molar-refractivity contribution is 6.19. The first-order valence-electron chi connectivity index (χ1n) is 4.63. The van der Waals surface area contributed by atoms with Crippen LogP contribution in [-0.4, -0.2) is 23.7 Å². The molecule has 1 rings (SSSR count). The number of rotatable bonds is 4. The molecule has 0 spiro atoms. The van der Waals surface area contributed by atoms with Crippen LogP contribution in [0.2, 0.25) is 0 Å². The fourth-order valence-corrected chi connectivity index (χ4v) is 1.37. The summed E-state index contributed by atoms with van der Waals surface area (Å²) >= 11 is 5.42. The molecule has 0 amide bonds. The predicted molar refractivity (Wildman–Crippen MR) is 58.0 cm³/mol. The van der Waals surface area contributed by atoms with Gasteiger partial charge in [0.1, 0.15) is 5.56 Å². The number of ether oxygens (including phenoxy) is 1. The van der Waals surface area contributed by atoms with E-state index in [4.69, 9.17) is 16.7 Å². The first kappa shape index (κ1) is 12.0. The molecule has 0 saturated heterocycles. The molecule has 15 heavy (non-hydrogen) atoms. The molecule has 0 saturated carbocycles. The summed E-state index contributed by atoms with van der Waals surface area (Å²) < 4.78 is 4.60. The minimum absolute atomic E-state index is 0.358. The van der Waals surface area contributed by atoms with Crippen molar-refractivity contribution >= 4 is 17.6 Å². The van der Waals surface area contributed by atoms with E-state index in [0.717, 1.165) is 5.56 Å². The van der Waals surface area contributed by atoms with Crippen LogP contribution in [0.1, 0.15) is 22.3 Å². The SMILES string of the molecule is COC(=O)c1cccc(CCC(O)Cl)c1. The average molecular weight is 229 g/mol.